The minimum absolute atomic E-state index is 0.0959. The van der Waals surface area contributed by atoms with Crippen LogP contribution in [0.5, 0.6) is 0 Å². The zero-order valence-electron chi connectivity index (χ0n) is 24.2. The number of likely N-dealkylation sites (tertiary alicyclic amines) is 1. The third-order valence-electron chi connectivity index (χ3n) is 8.16. The lowest BCUT2D eigenvalue weighted by molar-refractivity contribution is 0.0709. The monoisotopic (exact) mass is 558 g/mol. The summed E-state index contributed by atoms with van der Waals surface area (Å²) in [6, 6.07) is 13.5. The first-order chi connectivity index (χ1) is 19.0. The molecule has 0 spiro atoms. The molecule has 1 unspecified atom stereocenters. The first-order valence-electron chi connectivity index (χ1n) is 13.9. The van der Waals surface area contributed by atoms with Crippen molar-refractivity contribution in [2.24, 2.45) is 0 Å². The van der Waals surface area contributed by atoms with E-state index in [2.05, 4.69) is 55.3 Å². The van der Waals surface area contributed by atoms with Gasteiger partial charge in [0, 0.05) is 18.7 Å². The fourth-order valence-corrected chi connectivity index (χ4v) is 5.87. The smallest absolute Gasteiger partial charge is 0.256 e. The lowest BCUT2D eigenvalue weighted by Crippen LogP contribution is -2.41. The third kappa shape index (κ3) is 5.64. The Morgan fingerprint density at radius 1 is 1.12 bits per heavy atom. The maximum atomic E-state index is 13.9. The lowest BCUT2D eigenvalue weighted by atomic mass is 10.0. The molecule has 0 N–H and O–H groups in total. The van der Waals surface area contributed by atoms with Crippen molar-refractivity contribution in [2.75, 3.05) is 13.2 Å². The van der Waals surface area contributed by atoms with E-state index in [1.807, 2.05) is 48.2 Å². The minimum atomic E-state index is -1.84. The predicted molar refractivity (Wildman–Crippen MR) is 156 cm³/mol. The van der Waals surface area contributed by atoms with E-state index in [1.165, 1.54) is 4.80 Å². The van der Waals surface area contributed by atoms with Gasteiger partial charge in [0.15, 0.2) is 8.32 Å². The lowest BCUT2D eigenvalue weighted by Gasteiger charge is -2.36. The molecule has 5 rings (SSSR count). The largest absolute Gasteiger partial charge is 0.416 e. The number of carbonyl (C=O) groups is 1. The van der Waals surface area contributed by atoms with Crippen LogP contribution in [0.2, 0.25) is 18.1 Å². The van der Waals surface area contributed by atoms with Gasteiger partial charge in [-0.05, 0) is 62.0 Å². The number of hydrogen-bond acceptors (Lipinski definition) is 7. The molecule has 40 heavy (non-hydrogen) atoms. The number of aryl methyl sites for hydroxylation is 1. The molecule has 3 heterocycles. The fourth-order valence-electron chi connectivity index (χ4n) is 4.83. The second kappa shape index (κ2) is 11.1. The number of benzene rings is 2. The van der Waals surface area contributed by atoms with E-state index in [0.717, 1.165) is 36.0 Å². The second-order valence-corrected chi connectivity index (χ2v) is 16.8. The molecule has 2 aromatic carbocycles. The maximum absolute atomic E-state index is 13.9. The molecule has 0 aliphatic carbocycles. The third-order valence-corrected chi connectivity index (χ3v) is 12.7. The fraction of sp³-hybridized carbons (Fsp3) is 0.433. The van der Waals surface area contributed by atoms with Crippen LogP contribution in [0.3, 0.4) is 0 Å². The molecule has 210 valence electrons. The topological polar surface area (TPSA) is 99.2 Å². The summed E-state index contributed by atoms with van der Waals surface area (Å²) in [6.07, 6.45) is 5.58. The number of rotatable bonds is 8. The molecule has 1 atom stereocenters. The van der Waals surface area contributed by atoms with Crippen molar-refractivity contribution >= 4 is 14.2 Å². The maximum Gasteiger partial charge on any atom is 0.256 e. The van der Waals surface area contributed by atoms with Gasteiger partial charge in [-0.15, -0.1) is 0 Å². The molecule has 1 aliphatic rings. The highest BCUT2D eigenvalue weighted by atomic mass is 28.4. The number of aromatic nitrogens is 5. The summed E-state index contributed by atoms with van der Waals surface area (Å²) in [4.78, 5) is 22.0. The summed E-state index contributed by atoms with van der Waals surface area (Å²) in [6.45, 7) is 14.5. The first kappa shape index (κ1) is 27.9. The van der Waals surface area contributed by atoms with Gasteiger partial charge in [0.05, 0.1) is 23.6 Å². The summed E-state index contributed by atoms with van der Waals surface area (Å²) in [5.74, 6) is 0.898. The highest BCUT2D eigenvalue weighted by Crippen LogP contribution is 2.37. The van der Waals surface area contributed by atoms with Crippen LogP contribution in [0.15, 0.2) is 59.4 Å². The van der Waals surface area contributed by atoms with E-state index in [-0.39, 0.29) is 17.0 Å². The summed E-state index contributed by atoms with van der Waals surface area (Å²) in [5, 5.41) is 13.0. The predicted octanol–water partition coefficient (Wildman–Crippen LogP) is 6.17. The Morgan fingerprint density at radius 3 is 2.62 bits per heavy atom. The molecule has 2 aromatic heterocycles. The van der Waals surface area contributed by atoms with Gasteiger partial charge in [0.2, 0.25) is 11.7 Å². The van der Waals surface area contributed by atoms with Gasteiger partial charge in [-0.1, -0.05) is 61.8 Å². The molecule has 1 amide bonds. The highest BCUT2D eigenvalue weighted by Gasteiger charge is 2.37. The van der Waals surface area contributed by atoms with Crippen LogP contribution in [0.25, 0.3) is 17.1 Å². The van der Waals surface area contributed by atoms with Crippen LogP contribution in [0, 0.1) is 6.92 Å². The zero-order chi connectivity index (χ0) is 28.5. The van der Waals surface area contributed by atoms with Gasteiger partial charge in [0.25, 0.3) is 5.91 Å². The van der Waals surface area contributed by atoms with Crippen LogP contribution in [0.4, 0.5) is 0 Å². The molecule has 1 saturated heterocycles. The van der Waals surface area contributed by atoms with Crippen molar-refractivity contribution in [3.63, 3.8) is 0 Å². The summed E-state index contributed by atoms with van der Waals surface area (Å²) in [7, 11) is -1.84. The van der Waals surface area contributed by atoms with Crippen LogP contribution < -0.4 is 0 Å². The Bertz CT molecular complexity index is 1470. The van der Waals surface area contributed by atoms with Gasteiger partial charge < -0.3 is 13.8 Å². The molecular formula is C30H38N6O3Si. The Hall–Kier alpha value is -3.63. The van der Waals surface area contributed by atoms with E-state index in [0.29, 0.717) is 36.1 Å². The number of nitrogens with zero attached hydrogens (tertiary/aromatic N) is 6. The Kier molecular flexibility index (Phi) is 7.74. The van der Waals surface area contributed by atoms with Gasteiger partial charge in [-0.3, -0.25) is 4.79 Å². The van der Waals surface area contributed by atoms with Crippen LogP contribution in [-0.4, -0.2) is 57.4 Å². The molecule has 0 saturated carbocycles. The van der Waals surface area contributed by atoms with Gasteiger partial charge >= 0.3 is 0 Å². The summed E-state index contributed by atoms with van der Waals surface area (Å²) >= 11 is 0. The average Bonchev–Trinajstić information content (AvgIpc) is 3.69. The first-order valence-corrected chi connectivity index (χ1v) is 16.8. The van der Waals surface area contributed by atoms with Gasteiger partial charge in [-0.2, -0.15) is 20.0 Å². The van der Waals surface area contributed by atoms with Crippen LogP contribution in [0.1, 0.15) is 67.0 Å². The Balaban J connectivity index is 1.36. The minimum Gasteiger partial charge on any atom is -0.416 e. The van der Waals surface area contributed by atoms with Crippen molar-refractivity contribution < 1.29 is 13.7 Å². The molecule has 9 nitrogen and oxygen atoms in total. The van der Waals surface area contributed by atoms with Crippen molar-refractivity contribution in [1.82, 2.24) is 30.0 Å². The molecule has 1 aliphatic heterocycles. The average molecular weight is 559 g/mol. The highest BCUT2D eigenvalue weighted by molar-refractivity contribution is 6.74. The molecule has 1 fully saturated rings. The van der Waals surface area contributed by atoms with Crippen molar-refractivity contribution in [3.05, 3.63) is 77.4 Å². The summed E-state index contributed by atoms with van der Waals surface area (Å²) in [5.41, 5.74) is 4.23. The molecular weight excluding hydrogens is 520 g/mol. The van der Waals surface area contributed by atoms with Crippen molar-refractivity contribution in [2.45, 2.75) is 71.1 Å². The van der Waals surface area contributed by atoms with Gasteiger partial charge in [-0.25, -0.2) is 0 Å². The second-order valence-electron chi connectivity index (χ2n) is 12.0. The van der Waals surface area contributed by atoms with E-state index in [9.17, 15) is 4.79 Å². The van der Waals surface area contributed by atoms with Crippen LogP contribution >= 0.6 is 0 Å². The van der Waals surface area contributed by atoms with Gasteiger partial charge in [0.1, 0.15) is 6.04 Å². The zero-order valence-corrected chi connectivity index (χ0v) is 25.2. The van der Waals surface area contributed by atoms with E-state index >= 15 is 0 Å². The standard InChI is InChI=1S/C30H38N6O3Si/c1-21-13-14-25(36-31-16-17-32-36)24(20-21)29(37)35-18-9-12-26(35)28-33-27(34-39-28)23-11-8-7-10-22(23)15-19-38-40(5,6)30(2,3)4/h7-8,10-11,13-14,16-17,20,26H,9,12,15,18-19H2,1-6H3. The van der Waals surface area contributed by atoms with Crippen molar-refractivity contribution in [3.8, 4) is 17.1 Å². The van der Waals surface area contributed by atoms with E-state index in [4.69, 9.17) is 13.9 Å². The Labute approximate surface area is 236 Å². The SMILES string of the molecule is Cc1ccc(-n2nccn2)c(C(=O)N2CCCC2c2nc(-c3ccccc3CCO[Si](C)(C)C(C)(C)C)no2)c1. The van der Waals surface area contributed by atoms with Crippen LogP contribution in [-0.2, 0) is 10.8 Å². The molecule has 10 heteroatoms. The number of carbonyl (C=O) groups excluding carboxylic acids is 1. The summed E-state index contributed by atoms with van der Waals surface area (Å²) < 4.78 is 12.2. The normalized spacial score (nSPS) is 16.1. The van der Waals surface area contributed by atoms with E-state index < -0.39 is 8.32 Å². The number of hydrogen-bond donors (Lipinski definition) is 0. The molecule has 4 aromatic rings. The molecule has 0 radical (unpaired) electrons. The molecule has 0 bridgehead atoms. The number of amides is 1. The quantitative estimate of drug-likeness (QED) is 0.239. The van der Waals surface area contributed by atoms with Crippen molar-refractivity contribution in [1.29, 1.82) is 0 Å². The Morgan fingerprint density at radius 2 is 1.88 bits per heavy atom. The van der Waals surface area contributed by atoms with E-state index in [1.54, 1.807) is 12.4 Å².